The Labute approximate surface area is 69.5 Å². The molecule has 0 aliphatic carbocycles. The molecule has 2 heteroatoms. The lowest BCUT2D eigenvalue weighted by Gasteiger charge is -2.19. The normalized spacial score (nSPS) is 22.4. The predicted octanol–water partition coefficient (Wildman–Crippen LogP) is 1.51. The molecule has 0 radical (unpaired) electrons. The lowest BCUT2D eigenvalue weighted by atomic mass is 10.4. The van der Waals surface area contributed by atoms with Crippen molar-refractivity contribution in [3.63, 3.8) is 0 Å². The first kappa shape index (κ1) is 9.01. The Balaban J connectivity index is 2.08. The van der Waals surface area contributed by atoms with Gasteiger partial charge < -0.3 is 9.64 Å². The Morgan fingerprint density at radius 3 is 2.55 bits per heavy atom. The summed E-state index contributed by atoms with van der Waals surface area (Å²) in [6.07, 6.45) is 3.16. The van der Waals surface area contributed by atoms with Crippen molar-refractivity contribution in [2.24, 2.45) is 0 Å². The van der Waals surface area contributed by atoms with Gasteiger partial charge >= 0.3 is 0 Å². The van der Waals surface area contributed by atoms with E-state index in [0.717, 1.165) is 13.2 Å². The molecule has 1 heterocycles. The first-order chi connectivity index (χ1) is 5.33. The Bertz CT molecular complexity index is 99.7. The molecule has 0 spiro atoms. The Morgan fingerprint density at radius 2 is 2.00 bits per heavy atom. The fourth-order valence-corrected chi connectivity index (χ4v) is 1.67. The van der Waals surface area contributed by atoms with Crippen LogP contribution in [-0.4, -0.2) is 37.2 Å². The molecule has 0 aromatic heterocycles. The standard InChI is InChI=1S/C9H19NO/c1-3-11-9(2)8-10-6-4-5-7-10/h9H,3-8H2,1-2H3. The summed E-state index contributed by atoms with van der Waals surface area (Å²) in [4.78, 5) is 2.49. The minimum Gasteiger partial charge on any atom is -0.377 e. The summed E-state index contributed by atoms with van der Waals surface area (Å²) in [6, 6.07) is 0. The van der Waals surface area contributed by atoms with E-state index in [9.17, 15) is 0 Å². The van der Waals surface area contributed by atoms with Crippen molar-refractivity contribution in [3.8, 4) is 0 Å². The Hall–Kier alpha value is -0.0800. The van der Waals surface area contributed by atoms with Gasteiger partial charge in [-0.25, -0.2) is 0 Å². The molecule has 0 saturated carbocycles. The van der Waals surface area contributed by atoms with Crippen LogP contribution in [-0.2, 0) is 4.74 Å². The smallest absolute Gasteiger partial charge is 0.0673 e. The van der Waals surface area contributed by atoms with E-state index in [2.05, 4.69) is 18.7 Å². The molecule has 66 valence electrons. The van der Waals surface area contributed by atoms with Crippen LogP contribution in [0.4, 0.5) is 0 Å². The molecular formula is C9H19NO. The van der Waals surface area contributed by atoms with Gasteiger partial charge in [0.05, 0.1) is 6.10 Å². The van der Waals surface area contributed by atoms with E-state index in [1.54, 1.807) is 0 Å². The molecule has 0 aromatic carbocycles. The van der Waals surface area contributed by atoms with Gasteiger partial charge in [0.2, 0.25) is 0 Å². The molecule has 0 amide bonds. The fourth-order valence-electron chi connectivity index (χ4n) is 1.67. The van der Waals surface area contributed by atoms with Crippen LogP contribution in [0.1, 0.15) is 26.7 Å². The monoisotopic (exact) mass is 157 g/mol. The number of nitrogens with zero attached hydrogens (tertiary/aromatic N) is 1. The van der Waals surface area contributed by atoms with E-state index in [-0.39, 0.29) is 0 Å². The minimum atomic E-state index is 0.415. The highest BCUT2D eigenvalue weighted by atomic mass is 16.5. The number of hydrogen-bond acceptors (Lipinski definition) is 2. The summed E-state index contributed by atoms with van der Waals surface area (Å²) in [7, 11) is 0. The molecule has 0 aromatic rings. The van der Waals surface area contributed by atoms with Crippen LogP contribution in [0.5, 0.6) is 0 Å². The first-order valence-electron chi connectivity index (χ1n) is 4.67. The van der Waals surface area contributed by atoms with Crippen LogP contribution in [0, 0.1) is 0 Å². The Morgan fingerprint density at radius 1 is 1.36 bits per heavy atom. The molecule has 0 bridgehead atoms. The SMILES string of the molecule is CCOC(C)CN1CCCC1. The van der Waals surface area contributed by atoms with Gasteiger partial charge in [-0.2, -0.15) is 0 Å². The molecule has 0 N–H and O–H groups in total. The molecular weight excluding hydrogens is 138 g/mol. The van der Waals surface area contributed by atoms with Crippen molar-refractivity contribution >= 4 is 0 Å². The zero-order valence-corrected chi connectivity index (χ0v) is 7.68. The van der Waals surface area contributed by atoms with Crippen LogP contribution in [0.25, 0.3) is 0 Å². The highest BCUT2D eigenvalue weighted by Crippen LogP contribution is 2.08. The van der Waals surface area contributed by atoms with Crippen LogP contribution in [0.15, 0.2) is 0 Å². The van der Waals surface area contributed by atoms with Gasteiger partial charge in [-0.15, -0.1) is 0 Å². The second kappa shape index (κ2) is 4.73. The number of likely N-dealkylation sites (tertiary alicyclic amines) is 1. The third-order valence-electron chi connectivity index (χ3n) is 2.17. The Kier molecular flexibility index (Phi) is 3.87. The lowest BCUT2D eigenvalue weighted by Crippen LogP contribution is -2.29. The summed E-state index contributed by atoms with van der Waals surface area (Å²) in [5.74, 6) is 0. The van der Waals surface area contributed by atoms with Crippen LogP contribution in [0.3, 0.4) is 0 Å². The van der Waals surface area contributed by atoms with E-state index in [4.69, 9.17) is 4.74 Å². The van der Waals surface area contributed by atoms with E-state index in [1.165, 1.54) is 25.9 Å². The fraction of sp³-hybridized carbons (Fsp3) is 1.00. The van der Waals surface area contributed by atoms with Crippen molar-refractivity contribution in [1.29, 1.82) is 0 Å². The molecule has 11 heavy (non-hydrogen) atoms. The largest absolute Gasteiger partial charge is 0.377 e. The molecule has 1 fully saturated rings. The third kappa shape index (κ3) is 3.21. The lowest BCUT2D eigenvalue weighted by molar-refractivity contribution is 0.0515. The summed E-state index contributed by atoms with van der Waals surface area (Å²) < 4.78 is 5.46. The molecule has 1 aliphatic heterocycles. The maximum Gasteiger partial charge on any atom is 0.0673 e. The maximum absolute atomic E-state index is 5.46. The maximum atomic E-state index is 5.46. The second-order valence-electron chi connectivity index (χ2n) is 3.27. The second-order valence-corrected chi connectivity index (χ2v) is 3.27. The zero-order valence-electron chi connectivity index (χ0n) is 7.68. The van der Waals surface area contributed by atoms with Crippen LogP contribution < -0.4 is 0 Å². The highest BCUT2D eigenvalue weighted by Gasteiger charge is 2.13. The van der Waals surface area contributed by atoms with Crippen LogP contribution >= 0.6 is 0 Å². The summed E-state index contributed by atoms with van der Waals surface area (Å²) >= 11 is 0. The quantitative estimate of drug-likeness (QED) is 0.613. The molecule has 1 saturated heterocycles. The number of rotatable bonds is 4. The van der Waals surface area contributed by atoms with Crippen molar-refractivity contribution in [2.45, 2.75) is 32.8 Å². The minimum absolute atomic E-state index is 0.415. The molecule has 1 aliphatic rings. The molecule has 1 atom stereocenters. The van der Waals surface area contributed by atoms with E-state index in [0.29, 0.717) is 6.10 Å². The van der Waals surface area contributed by atoms with Crippen molar-refractivity contribution in [3.05, 3.63) is 0 Å². The van der Waals surface area contributed by atoms with Gasteiger partial charge in [-0.1, -0.05) is 0 Å². The van der Waals surface area contributed by atoms with E-state index < -0.39 is 0 Å². The molecule has 1 rings (SSSR count). The van der Waals surface area contributed by atoms with Crippen LogP contribution in [0.2, 0.25) is 0 Å². The summed E-state index contributed by atoms with van der Waals surface area (Å²) in [5.41, 5.74) is 0. The van der Waals surface area contributed by atoms with E-state index in [1.807, 2.05) is 0 Å². The zero-order chi connectivity index (χ0) is 8.10. The van der Waals surface area contributed by atoms with Gasteiger partial charge in [-0.05, 0) is 39.8 Å². The highest BCUT2D eigenvalue weighted by molar-refractivity contribution is 4.68. The van der Waals surface area contributed by atoms with Gasteiger partial charge in [0.1, 0.15) is 0 Å². The predicted molar refractivity (Wildman–Crippen MR) is 46.8 cm³/mol. The van der Waals surface area contributed by atoms with Crippen molar-refractivity contribution in [2.75, 3.05) is 26.2 Å². The average Bonchev–Trinajstić information content (AvgIpc) is 2.40. The topological polar surface area (TPSA) is 12.5 Å². The van der Waals surface area contributed by atoms with Crippen molar-refractivity contribution in [1.82, 2.24) is 4.90 Å². The van der Waals surface area contributed by atoms with Gasteiger partial charge in [0, 0.05) is 13.2 Å². The average molecular weight is 157 g/mol. The third-order valence-corrected chi connectivity index (χ3v) is 2.17. The molecule has 1 unspecified atom stereocenters. The first-order valence-corrected chi connectivity index (χ1v) is 4.67. The van der Waals surface area contributed by atoms with Gasteiger partial charge in [-0.3, -0.25) is 0 Å². The van der Waals surface area contributed by atoms with Crippen molar-refractivity contribution < 1.29 is 4.74 Å². The molecule has 2 nitrogen and oxygen atoms in total. The van der Waals surface area contributed by atoms with Gasteiger partial charge in [0.15, 0.2) is 0 Å². The summed E-state index contributed by atoms with van der Waals surface area (Å²) in [5, 5.41) is 0. The number of hydrogen-bond donors (Lipinski definition) is 0. The number of ether oxygens (including phenoxy) is 1. The van der Waals surface area contributed by atoms with Gasteiger partial charge in [0.25, 0.3) is 0 Å². The van der Waals surface area contributed by atoms with E-state index >= 15 is 0 Å². The summed E-state index contributed by atoms with van der Waals surface area (Å²) in [6.45, 7) is 8.72.